The van der Waals surface area contributed by atoms with Crippen molar-refractivity contribution in [3.05, 3.63) is 136 Å². The Hall–Kier alpha value is -8.01. The molecule has 88 heavy (non-hydrogen) atoms. The summed E-state index contributed by atoms with van der Waals surface area (Å²) in [5.74, 6) is 0.466. The summed E-state index contributed by atoms with van der Waals surface area (Å²) < 4.78 is 45.1. The fourth-order valence-corrected chi connectivity index (χ4v) is 14.6. The molecule has 4 atom stereocenters. The quantitative estimate of drug-likeness (QED) is 0.0430. The highest BCUT2D eigenvalue weighted by molar-refractivity contribution is 7.90. The van der Waals surface area contributed by atoms with Gasteiger partial charge in [-0.05, 0) is 128 Å². The second-order valence-electron chi connectivity index (χ2n) is 23.9. The van der Waals surface area contributed by atoms with Crippen molar-refractivity contribution in [2.24, 2.45) is 11.8 Å². The number of rotatable bonds is 21. The molecule has 0 bridgehead atoms. The highest BCUT2D eigenvalue weighted by atomic mass is 32.2. The van der Waals surface area contributed by atoms with Crippen LogP contribution in [0.25, 0.3) is 21.3 Å². The van der Waals surface area contributed by atoms with Crippen molar-refractivity contribution in [1.29, 1.82) is 0 Å². The molecule has 3 aliphatic heterocycles. The van der Waals surface area contributed by atoms with E-state index in [-0.39, 0.29) is 60.4 Å². The van der Waals surface area contributed by atoms with Crippen molar-refractivity contribution < 1.29 is 47.1 Å². The number of aromatic nitrogens is 5. The second kappa shape index (κ2) is 27.2. The Morgan fingerprint density at radius 1 is 0.920 bits per heavy atom. The van der Waals surface area contributed by atoms with Gasteiger partial charge in [-0.3, -0.25) is 29.2 Å². The molecular weight excluding hydrogens is 1160 g/mol. The van der Waals surface area contributed by atoms with Gasteiger partial charge in [0.25, 0.3) is 17.7 Å². The van der Waals surface area contributed by atoms with E-state index in [4.69, 9.17) is 25.8 Å². The maximum absolute atomic E-state index is 14.5. The average Bonchev–Trinajstić information content (AvgIpc) is 2.62. The van der Waals surface area contributed by atoms with Gasteiger partial charge in [0.2, 0.25) is 21.8 Å². The number of terminal acetylenes is 1. The van der Waals surface area contributed by atoms with Crippen LogP contribution in [0.15, 0.2) is 95.6 Å². The number of hydrogen-bond acceptors (Lipinski definition) is 17. The summed E-state index contributed by atoms with van der Waals surface area (Å²) in [5.41, 5.74) is 6.43. The first-order valence-electron chi connectivity index (χ1n) is 30.4. The first kappa shape index (κ1) is 61.6. The molecule has 11 rings (SSSR count). The van der Waals surface area contributed by atoms with Crippen LogP contribution in [0.2, 0.25) is 0 Å². The Kier molecular flexibility index (Phi) is 19.0. The molecule has 0 radical (unpaired) electrons. The number of anilines is 2. The lowest BCUT2D eigenvalue weighted by Gasteiger charge is -2.31. The van der Waals surface area contributed by atoms with Crippen LogP contribution in [-0.2, 0) is 39.1 Å². The van der Waals surface area contributed by atoms with E-state index in [0.717, 1.165) is 46.4 Å². The monoisotopic (exact) mass is 1230 g/mol. The van der Waals surface area contributed by atoms with Gasteiger partial charge in [-0.25, -0.2) is 23.1 Å². The number of nitrogens with zero attached hydrogens (tertiary/aromatic N) is 8. The van der Waals surface area contributed by atoms with E-state index >= 15 is 0 Å². The fraction of sp³-hybridized carbons (Fsp3) is 0.446. The van der Waals surface area contributed by atoms with Crippen LogP contribution in [0, 0.1) is 31.1 Å². The van der Waals surface area contributed by atoms with Gasteiger partial charge >= 0.3 is 0 Å². The normalized spacial score (nSPS) is 18.4. The summed E-state index contributed by atoms with van der Waals surface area (Å²) >= 11 is 1.41. The van der Waals surface area contributed by atoms with E-state index in [0.29, 0.717) is 96.7 Å². The number of fused-ring (bicyclic) bond motifs is 2. The number of sulfonamides is 1. The van der Waals surface area contributed by atoms with Gasteiger partial charge in [-0.1, -0.05) is 86.8 Å². The number of β-amino-alcohol motifs (C(OH)–C–C–N with tert-alkyl or cyclic N) is 1. The van der Waals surface area contributed by atoms with Gasteiger partial charge in [-0.15, -0.1) is 6.42 Å². The summed E-state index contributed by atoms with van der Waals surface area (Å²) in [5, 5.41) is 36.2. The van der Waals surface area contributed by atoms with Crippen molar-refractivity contribution in [3.8, 4) is 29.4 Å². The van der Waals surface area contributed by atoms with Crippen molar-refractivity contribution in [2.45, 2.75) is 128 Å². The lowest BCUT2D eigenvalue weighted by atomic mass is 9.89. The summed E-state index contributed by atoms with van der Waals surface area (Å²) in [7, 11) is -4.15. The molecule has 0 spiro atoms. The minimum Gasteiger partial charge on any atom is -0.472 e. The van der Waals surface area contributed by atoms with E-state index in [2.05, 4.69) is 36.3 Å². The largest absolute Gasteiger partial charge is 0.472 e. The maximum atomic E-state index is 14.5. The van der Waals surface area contributed by atoms with Gasteiger partial charge in [-0.2, -0.15) is 5.10 Å². The van der Waals surface area contributed by atoms with Gasteiger partial charge in [0.05, 0.1) is 40.9 Å². The SMILES string of the molecule is C#Cc1ccc([C@H](CO)NC(=O)[C@@H]2C[C@@H](O)CN2C(=O)C(c2cc(OC3CCN(CCCS(=O)(=O)NC(=O)c4nc(N5CCc6cccc(C(=O)Nc7nc8ccccc8s7)c6C5)ccc4-c4cnn(CC5CCCCC5)c4C)CC3)no2)C(C)C)cc1. The fourth-order valence-electron chi connectivity index (χ4n) is 12.8. The summed E-state index contributed by atoms with van der Waals surface area (Å²) in [6.45, 7) is 8.51. The third-order valence-corrected chi connectivity index (χ3v) is 19.8. The maximum Gasteiger partial charge on any atom is 0.284 e. The van der Waals surface area contributed by atoms with Crippen LogP contribution < -0.4 is 25.0 Å². The van der Waals surface area contributed by atoms with Crippen LogP contribution in [-0.4, -0.2) is 140 Å². The Morgan fingerprint density at radius 2 is 1.70 bits per heavy atom. The van der Waals surface area contributed by atoms with Gasteiger partial charge in [0, 0.05) is 79.7 Å². The van der Waals surface area contributed by atoms with Crippen molar-refractivity contribution in [3.63, 3.8) is 0 Å². The molecule has 5 N–H and O–H groups in total. The highest BCUT2D eigenvalue weighted by Gasteiger charge is 2.44. The molecule has 1 aliphatic carbocycles. The minimum absolute atomic E-state index is 0.0191. The molecule has 23 heteroatoms. The molecule has 1 unspecified atom stereocenters. The Morgan fingerprint density at radius 3 is 2.45 bits per heavy atom. The number of nitrogens with one attached hydrogen (secondary N) is 3. The Labute approximate surface area is 516 Å². The van der Waals surface area contributed by atoms with Crippen LogP contribution in [0.5, 0.6) is 5.88 Å². The van der Waals surface area contributed by atoms with Crippen LogP contribution in [0.3, 0.4) is 0 Å². The molecule has 7 heterocycles. The predicted molar refractivity (Wildman–Crippen MR) is 334 cm³/mol. The second-order valence-corrected chi connectivity index (χ2v) is 26.8. The van der Waals surface area contributed by atoms with Crippen LogP contribution in [0.1, 0.15) is 138 Å². The first-order chi connectivity index (χ1) is 42.5. The summed E-state index contributed by atoms with van der Waals surface area (Å²) in [6.07, 6.45) is 14.0. The van der Waals surface area contributed by atoms with Crippen molar-refractivity contribution >= 4 is 66.2 Å². The number of likely N-dealkylation sites (tertiary alicyclic amines) is 2. The number of thiazole rings is 1. The van der Waals surface area contributed by atoms with E-state index in [9.17, 15) is 37.8 Å². The van der Waals surface area contributed by atoms with Crippen LogP contribution in [0.4, 0.5) is 10.9 Å². The van der Waals surface area contributed by atoms with Gasteiger partial charge in [0.15, 0.2) is 10.9 Å². The van der Waals surface area contributed by atoms with Gasteiger partial charge < -0.3 is 39.5 Å². The molecule has 4 aromatic heterocycles. The zero-order valence-corrected chi connectivity index (χ0v) is 51.4. The molecule has 3 fully saturated rings. The van der Waals surface area contributed by atoms with Gasteiger partial charge in [0.1, 0.15) is 29.6 Å². The van der Waals surface area contributed by atoms with E-state index < -0.39 is 58.5 Å². The number of piperidine rings is 1. The molecule has 7 aromatic rings. The molecule has 2 saturated heterocycles. The number of hydrogen-bond donors (Lipinski definition) is 5. The minimum atomic E-state index is -4.15. The number of pyridine rings is 1. The molecular formula is C65H75N11O10S2. The first-order valence-corrected chi connectivity index (χ1v) is 32.9. The van der Waals surface area contributed by atoms with Crippen molar-refractivity contribution in [2.75, 3.05) is 55.3 Å². The summed E-state index contributed by atoms with van der Waals surface area (Å²) in [6, 6.07) is 23.8. The zero-order valence-electron chi connectivity index (χ0n) is 49.8. The number of para-hydroxylation sites is 1. The third kappa shape index (κ3) is 14.1. The Balaban J connectivity index is 0.708. The predicted octanol–water partition coefficient (Wildman–Crippen LogP) is 7.77. The molecule has 4 aliphatic rings. The van der Waals surface area contributed by atoms with E-state index in [1.54, 1.807) is 42.6 Å². The number of aliphatic hydroxyl groups excluding tert-OH is 2. The number of ether oxygens (including phenoxy) is 1. The van der Waals surface area contributed by atoms with Crippen molar-refractivity contribution in [1.82, 2.24) is 44.7 Å². The number of carbonyl (C=O) groups excluding carboxylic acids is 4. The lowest BCUT2D eigenvalue weighted by molar-refractivity contribution is -0.141. The smallest absolute Gasteiger partial charge is 0.284 e. The lowest BCUT2D eigenvalue weighted by Crippen LogP contribution is -2.49. The molecule has 462 valence electrons. The average molecular weight is 1230 g/mol. The third-order valence-electron chi connectivity index (χ3n) is 17.5. The zero-order chi connectivity index (χ0) is 61.6. The molecule has 1 saturated carbocycles. The topological polar surface area (TPSA) is 268 Å². The van der Waals surface area contributed by atoms with E-state index in [1.807, 2.05) is 78.9 Å². The van der Waals surface area contributed by atoms with E-state index in [1.165, 1.54) is 35.5 Å². The number of aliphatic hydroxyl groups is 2. The summed E-state index contributed by atoms with van der Waals surface area (Å²) in [4.78, 5) is 71.5. The highest BCUT2D eigenvalue weighted by Crippen LogP contribution is 2.36. The molecule has 3 aromatic carbocycles. The number of amides is 4. The number of benzene rings is 3. The Bertz CT molecular complexity index is 3790. The molecule has 21 nitrogen and oxygen atoms in total. The standard InChI is InChI=1S/C65H75N11O10S2/c1-5-42-19-21-45(22-20-42)53(39-77)67-62(80)54-33-46(78)37-75(54)64(82)59(40(2)3)55-34-58(71-86-55)85-47-26-29-73(30-27-47)28-12-32-88(83,84)72-63(81)60-48(50-35-66-76(41(50)4)36-43-13-7-6-8-14-43)23-24-57(69-60)74-31-25-44-15-11-16-49(51(44)38-74)61(79)70-65-68-52-17-9-10-18-56(52)87-65/h1,9-11,15-24,34-35,40,43,46-47,53-54,59,77-78H,6-8,12-14,25-33,36-39H2,2-4H3,(H,67,80)(H,72,81)(H,68,70,79)/t46-,53+,54+,59?/m1/s1. The van der Waals surface area contributed by atoms with Crippen LogP contribution >= 0.6 is 11.3 Å². The molecule has 4 amide bonds. The number of carbonyl (C=O) groups is 4.